The fourth-order valence-electron chi connectivity index (χ4n) is 13.3. The minimum atomic E-state index is -1.57. The summed E-state index contributed by atoms with van der Waals surface area (Å²) in [6.45, 7) is 3.84. The smallest absolute Gasteiger partial charge is 0.220 e. The van der Waals surface area contributed by atoms with Crippen molar-refractivity contribution >= 4 is 5.91 Å². The topological polar surface area (TPSA) is 149 Å². The van der Waals surface area contributed by atoms with Gasteiger partial charge in [-0.05, 0) is 32.1 Å². The molecule has 0 aromatic carbocycles. The van der Waals surface area contributed by atoms with Crippen molar-refractivity contribution < 1.29 is 39.8 Å². The van der Waals surface area contributed by atoms with Gasteiger partial charge in [0, 0.05) is 6.42 Å². The first-order valence-corrected chi connectivity index (χ1v) is 40.1. The van der Waals surface area contributed by atoms with Gasteiger partial charge in [-0.15, -0.1) is 0 Å². The van der Waals surface area contributed by atoms with Gasteiger partial charge in [-0.25, -0.2) is 0 Å². The van der Waals surface area contributed by atoms with E-state index in [9.17, 15) is 30.3 Å². The molecule has 6 N–H and O–H groups in total. The Morgan fingerprint density at radius 2 is 0.640 bits per heavy atom. The first-order valence-electron chi connectivity index (χ1n) is 40.1. The third-order valence-electron chi connectivity index (χ3n) is 19.5. The van der Waals surface area contributed by atoms with Gasteiger partial charge < -0.3 is 40.3 Å². The molecule has 1 fully saturated rings. The Balaban J connectivity index is 2.06. The van der Waals surface area contributed by atoms with E-state index in [2.05, 4.69) is 31.3 Å². The highest BCUT2D eigenvalue weighted by molar-refractivity contribution is 5.76. The first kappa shape index (κ1) is 85.7. The molecule has 0 radical (unpaired) electrons. The molecule has 0 saturated carbocycles. The Bertz CT molecular complexity index is 1460. The van der Waals surface area contributed by atoms with Crippen molar-refractivity contribution in [2.75, 3.05) is 13.2 Å². The molecular weight excluding hydrogens is 1100 g/mol. The van der Waals surface area contributed by atoms with E-state index in [0.717, 1.165) is 38.5 Å². The summed E-state index contributed by atoms with van der Waals surface area (Å²) in [4.78, 5) is 13.2. The highest BCUT2D eigenvalue weighted by Gasteiger charge is 2.44. The minimum absolute atomic E-state index is 0.176. The van der Waals surface area contributed by atoms with Gasteiger partial charge in [0.15, 0.2) is 6.29 Å². The van der Waals surface area contributed by atoms with Crippen molar-refractivity contribution in [1.29, 1.82) is 0 Å². The summed E-state index contributed by atoms with van der Waals surface area (Å²) in [6, 6.07) is -0.821. The number of amides is 1. The number of carbonyl (C=O) groups excluding carboxylic acids is 1. The minimum Gasteiger partial charge on any atom is -0.394 e. The van der Waals surface area contributed by atoms with Crippen molar-refractivity contribution in [2.45, 2.75) is 468 Å². The maximum absolute atomic E-state index is 13.2. The van der Waals surface area contributed by atoms with Crippen molar-refractivity contribution in [3.63, 3.8) is 0 Å². The Morgan fingerprint density at radius 3 is 0.944 bits per heavy atom. The third-order valence-corrected chi connectivity index (χ3v) is 19.5. The number of ether oxygens (including phenoxy) is 2. The van der Waals surface area contributed by atoms with Gasteiger partial charge in [0.2, 0.25) is 5.91 Å². The number of rotatable bonds is 72. The van der Waals surface area contributed by atoms with E-state index < -0.39 is 49.5 Å². The average molecular weight is 1260 g/mol. The molecule has 1 rings (SSSR count). The van der Waals surface area contributed by atoms with Crippen molar-refractivity contribution in [3.8, 4) is 0 Å². The Labute approximate surface area is 553 Å². The zero-order chi connectivity index (χ0) is 64.2. The summed E-state index contributed by atoms with van der Waals surface area (Å²) in [5.41, 5.74) is 0. The van der Waals surface area contributed by atoms with E-state index in [1.807, 2.05) is 6.08 Å². The normalized spacial score (nSPS) is 17.9. The lowest BCUT2D eigenvalue weighted by Gasteiger charge is -2.40. The molecular formula is C80H155NO8. The van der Waals surface area contributed by atoms with Crippen LogP contribution >= 0.6 is 0 Å². The summed E-state index contributed by atoms with van der Waals surface area (Å²) in [5, 5.41) is 54.9. The molecule has 0 spiro atoms. The molecule has 1 saturated heterocycles. The van der Waals surface area contributed by atoms with Crippen molar-refractivity contribution in [3.05, 3.63) is 24.3 Å². The van der Waals surface area contributed by atoms with Crippen LogP contribution in [0.25, 0.3) is 0 Å². The van der Waals surface area contributed by atoms with Crippen LogP contribution in [0, 0.1) is 0 Å². The second kappa shape index (κ2) is 69.5. The first-order chi connectivity index (χ1) is 43.8. The van der Waals surface area contributed by atoms with E-state index in [1.165, 1.54) is 366 Å². The SMILES string of the molecule is CCCCCCCCCCCCCCCCCCCCCCCCC/C=C/CC/C=C/C(O)C(COC1OC(CO)C(O)C(O)C1O)NC(=O)CCCCCCCCCCCCCCCCCCCCCCCCCCCCCCCCCCCCCCC. The largest absolute Gasteiger partial charge is 0.394 e. The van der Waals surface area contributed by atoms with Crippen LogP contribution in [0.4, 0.5) is 0 Å². The summed E-state index contributed by atoms with van der Waals surface area (Å²) < 4.78 is 11.3. The summed E-state index contributed by atoms with van der Waals surface area (Å²) >= 11 is 0. The summed E-state index contributed by atoms with van der Waals surface area (Å²) in [5.74, 6) is -0.176. The van der Waals surface area contributed by atoms with Crippen LogP contribution in [0.2, 0.25) is 0 Å². The zero-order valence-corrected chi connectivity index (χ0v) is 59.5. The molecule has 1 aliphatic rings. The number of unbranched alkanes of at least 4 members (excludes halogenated alkanes) is 60. The van der Waals surface area contributed by atoms with Crippen LogP contribution in [0.15, 0.2) is 24.3 Å². The molecule has 528 valence electrons. The van der Waals surface area contributed by atoms with E-state index >= 15 is 0 Å². The van der Waals surface area contributed by atoms with E-state index in [0.29, 0.717) is 6.42 Å². The number of carbonyl (C=O) groups is 1. The number of hydrogen-bond acceptors (Lipinski definition) is 8. The maximum Gasteiger partial charge on any atom is 0.220 e. The number of aliphatic hydroxyl groups is 5. The molecule has 0 bridgehead atoms. The molecule has 9 heteroatoms. The highest BCUT2D eigenvalue weighted by atomic mass is 16.7. The van der Waals surface area contributed by atoms with Crippen LogP contribution in [0.5, 0.6) is 0 Å². The monoisotopic (exact) mass is 1260 g/mol. The number of allylic oxidation sites excluding steroid dienone is 3. The maximum atomic E-state index is 13.2. The lowest BCUT2D eigenvalue weighted by molar-refractivity contribution is -0.302. The average Bonchev–Trinajstić information content (AvgIpc) is 3.50. The Kier molecular flexibility index (Phi) is 66.9. The van der Waals surface area contributed by atoms with Gasteiger partial charge in [0.25, 0.3) is 0 Å². The van der Waals surface area contributed by atoms with Crippen LogP contribution < -0.4 is 5.32 Å². The predicted molar refractivity (Wildman–Crippen MR) is 383 cm³/mol. The molecule has 7 unspecified atom stereocenters. The molecule has 1 amide bonds. The van der Waals surface area contributed by atoms with Crippen LogP contribution in [0.3, 0.4) is 0 Å². The van der Waals surface area contributed by atoms with E-state index in [-0.39, 0.29) is 12.5 Å². The van der Waals surface area contributed by atoms with Gasteiger partial charge in [-0.3, -0.25) is 4.79 Å². The summed E-state index contributed by atoms with van der Waals surface area (Å²) in [7, 11) is 0. The standard InChI is InChI=1S/C80H155NO8/c1-3-5-7-9-11-13-15-17-19-21-23-25-27-29-31-33-34-35-36-37-38-39-40-42-44-46-48-50-52-54-56-58-60-62-64-66-68-70-76(84)81-73(72-88-80-79(87)78(86)77(85)75(71-82)89-80)74(83)69-67-65-63-61-59-57-55-53-51-49-47-45-43-41-32-30-28-26-24-22-20-18-16-14-12-10-8-6-4-2/h59,61,67,69,73-75,77-80,82-83,85-87H,3-58,60,62-66,68,70-72H2,1-2H3,(H,81,84)/b61-59+,69-67+. The molecule has 1 aliphatic heterocycles. The lowest BCUT2D eigenvalue weighted by Crippen LogP contribution is -2.60. The predicted octanol–water partition coefficient (Wildman–Crippen LogP) is 22.8. The molecule has 1 heterocycles. The fraction of sp³-hybridized carbons (Fsp3) is 0.938. The lowest BCUT2D eigenvalue weighted by atomic mass is 9.99. The molecule has 9 nitrogen and oxygen atoms in total. The van der Waals surface area contributed by atoms with Crippen molar-refractivity contribution in [2.24, 2.45) is 0 Å². The second-order valence-corrected chi connectivity index (χ2v) is 28.2. The van der Waals surface area contributed by atoms with Gasteiger partial charge in [-0.1, -0.05) is 411 Å². The number of hydrogen-bond donors (Lipinski definition) is 6. The summed E-state index contributed by atoms with van der Waals surface area (Å²) in [6.07, 6.45) is 86.3. The van der Waals surface area contributed by atoms with Crippen molar-refractivity contribution in [1.82, 2.24) is 5.32 Å². The fourth-order valence-corrected chi connectivity index (χ4v) is 13.3. The van der Waals surface area contributed by atoms with Gasteiger partial charge in [-0.2, -0.15) is 0 Å². The van der Waals surface area contributed by atoms with Gasteiger partial charge in [0.05, 0.1) is 25.4 Å². The Morgan fingerprint density at radius 1 is 0.371 bits per heavy atom. The zero-order valence-electron chi connectivity index (χ0n) is 59.5. The molecule has 7 atom stereocenters. The highest BCUT2D eigenvalue weighted by Crippen LogP contribution is 2.24. The van der Waals surface area contributed by atoms with E-state index in [1.54, 1.807) is 6.08 Å². The third kappa shape index (κ3) is 57.8. The van der Waals surface area contributed by atoms with Crippen LogP contribution in [-0.4, -0.2) is 87.5 Å². The Hall–Kier alpha value is -1.33. The number of aliphatic hydroxyl groups excluding tert-OH is 5. The molecule has 89 heavy (non-hydrogen) atoms. The van der Waals surface area contributed by atoms with E-state index in [4.69, 9.17) is 9.47 Å². The quantitative estimate of drug-likeness (QED) is 0.0261. The number of nitrogens with one attached hydrogen (secondary N) is 1. The van der Waals surface area contributed by atoms with Gasteiger partial charge in [0.1, 0.15) is 24.4 Å². The van der Waals surface area contributed by atoms with Crippen LogP contribution in [0.1, 0.15) is 425 Å². The van der Waals surface area contributed by atoms with Crippen LogP contribution in [-0.2, 0) is 14.3 Å². The second-order valence-electron chi connectivity index (χ2n) is 28.2. The van der Waals surface area contributed by atoms with Gasteiger partial charge >= 0.3 is 0 Å². The molecule has 0 aromatic rings. The molecule has 0 aliphatic carbocycles. The molecule has 0 aromatic heterocycles.